The maximum atomic E-state index is 12.4. The molecule has 0 saturated carbocycles. The Kier molecular flexibility index (Phi) is 5.37. The van der Waals surface area contributed by atoms with Gasteiger partial charge in [-0.2, -0.15) is 10.1 Å². The molecule has 3 aromatic rings. The monoisotopic (exact) mass is 400 g/mol. The van der Waals surface area contributed by atoms with Crippen LogP contribution in [-0.2, 0) is 9.84 Å². The molecule has 0 bridgehead atoms. The van der Waals surface area contributed by atoms with Crippen molar-refractivity contribution in [2.75, 3.05) is 17.3 Å². The smallest absolute Gasteiger partial charge is 0.229 e. The first-order valence-electron chi connectivity index (χ1n) is 8.89. The van der Waals surface area contributed by atoms with Gasteiger partial charge in [0.15, 0.2) is 15.7 Å². The van der Waals surface area contributed by atoms with Crippen LogP contribution in [0.15, 0.2) is 41.4 Å². The molecule has 2 heterocycles. The number of nitrogens with zero attached hydrogens (tertiary/aromatic N) is 4. The molecule has 0 saturated heterocycles. The van der Waals surface area contributed by atoms with Crippen LogP contribution in [0.25, 0.3) is 0 Å². The van der Waals surface area contributed by atoms with Gasteiger partial charge >= 0.3 is 0 Å². The van der Waals surface area contributed by atoms with Crippen LogP contribution in [0.3, 0.4) is 0 Å². The van der Waals surface area contributed by atoms with Crippen LogP contribution in [0.2, 0.25) is 0 Å². The van der Waals surface area contributed by atoms with Crippen LogP contribution in [0.1, 0.15) is 25.1 Å². The number of rotatable bonds is 6. The lowest BCUT2D eigenvalue weighted by molar-refractivity contribution is 0.587. The fourth-order valence-corrected chi connectivity index (χ4v) is 3.76. The Hall–Kier alpha value is -2.94. The van der Waals surface area contributed by atoms with Gasteiger partial charge in [-0.25, -0.2) is 13.4 Å². The van der Waals surface area contributed by atoms with E-state index in [-0.39, 0.29) is 4.90 Å². The van der Waals surface area contributed by atoms with Gasteiger partial charge in [0.05, 0.1) is 10.1 Å². The number of aromatic nitrogens is 4. The molecule has 2 aromatic heterocycles. The number of H-pyrrole nitrogens is 1. The van der Waals surface area contributed by atoms with Crippen molar-refractivity contribution in [3.05, 3.63) is 47.8 Å². The number of anilines is 4. The Morgan fingerprint density at radius 1 is 1.18 bits per heavy atom. The lowest BCUT2D eigenvalue weighted by Crippen LogP contribution is -2.14. The maximum absolute atomic E-state index is 12.4. The summed E-state index contributed by atoms with van der Waals surface area (Å²) in [6.45, 7) is 7.28. The summed E-state index contributed by atoms with van der Waals surface area (Å²) in [6.07, 6.45) is 1.64. The average Bonchev–Trinajstić information content (AvgIpc) is 3.00. The molecule has 9 heteroatoms. The summed E-state index contributed by atoms with van der Waals surface area (Å²) in [7, 11) is -1.47. The first kappa shape index (κ1) is 19.8. The van der Waals surface area contributed by atoms with Gasteiger partial charge in [-0.05, 0) is 52.0 Å². The van der Waals surface area contributed by atoms with Crippen LogP contribution in [-0.4, -0.2) is 40.9 Å². The molecule has 0 aliphatic carbocycles. The standard InChI is InChI=1S/C19H24N6O2S/c1-12(2)28(26,27)16-8-6-7-15(11-16)21-19-20-10-9-17(22-19)25(5)18-13(3)14(4)23-24-18/h6-12H,1-5H3,(H,23,24)(H,20,21,22). The molecule has 1 aromatic carbocycles. The van der Waals surface area contributed by atoms with E-state index in [0.717, 1.165) is 17.1 Å². The first-order valence-corrected chi connectivity index (χ1v) is 10.4. The zero-order valence-corrected chi connectivity index (χ0v) is 17.4. The maximum Gasteiger partial charge on any atom is 0.229 e. The highest BCUT2D eigenvalue weighted by Crippen LogP contribution is 2.26. The van der Waals surface area contributed by atoms with Crippen molar-refractivity contribution < 1.29 is 8.42 Å². The number of aromatic amines is 1. The highest BCUT2D eigenvalue weighted by molar-refractivity contribution is 7.92. The third-order valence-corrected chi connectivity index (χ3v) is 6.72. The van der Waals surface area contributed by atoms with E-state index in [2.05, 4.69) is 25.5 Å². The zero-order valence-electron chi connectivity index (χ0n) is 16.6. The molecule has 0 fully saturated rings. The van der Waals surface area contributed by atoms with Crippen LogP contribution in [0.4, 0.5) is 23.3 Å². The highest BCUT2D eigenvalue weighted by atomic mass is 32.2. The Morgan fingerprint density at radius 2 is 1.93 bits per heavy atom. The topological polar surface area (TPSA) is 104 Å². The minimum atomic E-state index is -3.35. The third-order valence-electron chi connectivity index (χ3n) is 4.57. The molecule has 0 aliphatic heterocycles. The molecular weight excluding hydrogens is 376 g/mol. The van der Waals surface area contributed by atoms with E-state index in [1.807, 2.05) is 25.8 Å². The minimum Gasteiger partial charge on any atom is -0.324 e. The largest absolute Gasteiger partial charge is 0.324 e. The molecule has 0 spiro atoms. The van der Waals surface area contributed by atoms with E-state index < -0.39 is 15.1 Å². The quantitative estimate of drug-likeness (QED) is 0.652. The number of nitrogens with one attached hydrogen (secondary N) is 2. The van der Waals surface area contributed by atoms with Gasteiger partial charge in [-0.3, -0.25) is 5.10 Å². The lowest BCUT2D eigenvalue weighted by Gasteiger charge is -2.17. The summed E-state index contributed by atoms with van der Waals surface area (Å²) in [4.78, 5) is 10.9. The Balaban J connectivity index is 1.87. The fourth-order valence-electron chi connectivity index (χ4n) is 2.66. The number of aryl methyl sites for hydroxylation is 1. The van der Waals surface area contributed by atoms with E-state index in [9.17, 15) is 8.42 Å². The second-order valence-electron chi connectivity index (χ2n) is 6.84. The van der Waals surface area contributed by atoms with Crippen molar-refractivity contribution in [2.45, 2.75) is 37.8 Å². The number of hydrogen-bond acceptors (Lipinski definition) is 7. The molecule has 0 radical (unpaired) electrons. The average molecular weight is 401 g/mol. The Labute approximate surface area is 165 Å². The van der Waals surface area contributed by atoms with Gasteiger partial charge in [0.2, 0.25) is 5.95 Å². The molecule has 2 N–H and O–H groups in total. The van der Waals surface area contributed by atoms with Crippen LogP contribution >= 0.6 is 0 Å². The van der Waals surface area contributed by atoms with Gasteiger partial charge in [0.1, 0.15) is 5.82 Å². The van der Waals surface area contributed by atoms with Gasteiger partial charge in [0, 0.05) is 30.2 Å². The van der Waals surface area contributed by atoms with Crippen molar-refractivity contribution >= 4 is 33.1 Å². The van der Waals surface area contributed by atoms with Gasteiger partial charge in [0.25, 0.3) is 0 Å². The summed E-state index contributed by atoms with van der Waals surface area (Å²) in [5, 5.41) is 9.87. The lowest BCUT2D eigenvalue weighted by atomic mass is 10.2. The van der Waals surface area contributed by atoms with E-state index >= 15 is 0 Å². The van der Waals surface area contributed by atoms with Gasteiger partial charge in [-0.15, -0.1) is 0 Å². The SMILES string of the molecule is Cc1[nH]nc(N(C)c2ccnc(Nc3cccc(S(=O)(=O)C(C)C)c3)n2)c1C. The molecular formula is C19H24N6O2S. The second kappa shape index (κ2) is 7.59. The Bertz CT molecular complexity index is 1090. The summed E-state index contributed by atoms with van der Waals surface area (Å²) < 4.78 is 24.8. The molecule has 8 nitrogen and oxygen atoms in total. The van der Waals surface area contributed by atoms with Crippen molar-refractivity contribution in [3.63, 3.8) is 0 Å². The van der Waals surface area contributed by atoms with E-state index in [4.69, 9.17) is 0 Å². The zero-order chi connectivity index (χ0) is 20.5. The predicted molar refractivity (Wildman–Crippen MR) is 110 cm³/mol. The Morgan fingerprint density at radius 3 is 2.57 bits per heavy atom. The molecule has 0 unspecified atom stereocenters. The minimum absolute atomic E-state index is 0.267. The molecule has 0 aliphatic rings. The summed E-state index contributed by atoms with van der Waals surface area (Å²) >= 11 is 0. The van der Waals surface area contributed by atoms with Crippen molar-refractivity contribution in [3.8, 4) is 0 Å². The third kappa shape index (κ3) is 3.84. The second-order valence-corrected chi connectivity index (χ2v) is 9.35. The first-order chi connectivity index (χ1) is 13.2. The molecule has 28 heavy (non-hydrogen) atoms. The molecule has 3 rings (SSSR count). The molecule has 0 atom stereocenters. The predicted octanol–water partition coefficient (Wildman–Crippen LogP) is 3.51. The van der Waals surface area contributed by atoms with E-state index in [1.54, 1.807) is 50.4 Å². The highest BCUT2D eigenvalue weighted by Gasteiger charge is 2.19. The van der Waals surface area contributed by atoms with Crippen LogP contribution in [0, 0.1) is 13.8 Å². The van der Waals surface area contributed by atoms with Crippen LogP contribution in [0.5, 0.6) is 0 Å². The van der Waals surface area contributed by atoms with Crippen molar-refractivity contribution in [1.82, 2.24) is 20.2 Å². The summed E-state index contributed by atoms with van der Waals surface area (Å²) in [6, 6.07) is 8.45. The van der Waals surface area contributed by atoms with E-state index in [0.29, 0.717) is 17.5 Å². The summed E-state index contributed by atoms with van der Waals surface area (Å²) in [5.41, 5.74) is 2.65. The van der Waals surface area contributed by atoms with Crippen molar-refractivity contribution in [2.24, 2.45) is 0 Å². The van der Waals surface area contributed by atoms with E-state index in [1.165, 1.54) is 0 Å². The van der Waals surface area contributed by atoms with Crippen LogP contribution < -0.4 is 10.2 Å². The number of hydrogen-bond donors (Lipinski definition) is 2. The molecule has 0 amide bonds. The fraction of sp³-hybridized carbons (Fsp3) is 0.316. The molecule has 148 valence electrons. The van der Waals surface area contributed by atoms with Crippen molar-refractivity contribution in [1.29, 1.82) is 0 Å². The number of benzene rings is 1. The van der Waals surface area contributed by atoms with Gasteiger partial charge in [-0.1, -0.05) is 6.07 Å². The van der Waals surface area contributed by atoms with Gasteiger partial charge < -0.3 is 10.2 Å². The summed E-state index contributed by atoms with van der Waals surface area (Å²) in [5.74, 6) is 1.82. The normalized spacial score (nSPS) is 11.6. The number of sulfone groups is 1.